The average Bonchev–Trinajstić information content (AvgIpc) is 3.01. The number of halogens is 1. The first-order valence-corrected chi connectivity index (χ1v) is 10.5. The van der Waals surface area contributed by atoms with Gasteiger partial charge < -0.3 is 10.6 Å². The minimum absolute atomic E-state index is 0. The van der Waals surface area contributed by atoms with E-state index in [2.05, 4.69) is 20.3 Å². The number of hydrogen-bond acceptors (Lipinski definition) is 4. The normalized spacial score (nSPS) is 17.9. The minimum atomic E-state index is -3.23. The lowest BCUT2D eigenvalue weighted by Crippen LogP contribution is -2.39. The van der Waals surface area contributed by atoms with Crippen LogP contribution in [0.4, 0.5) is 5.69 Å². The molecule has 1 heterocycles. The molecular formula is C15H25IN4O2S2. The molecule has 1 unspecified atom stereocenters. The summed E-state index contributed by atoms with van der Waals surface area (Å²) in [5.74, 6) is 2.04. The predicted octanol–water partition coefficient (Wildman–Crippen LogP) is 2.24. The summed E-state index contributed by atoms with van der Waals surface area (Å²) in [5.41, 5.74) is 1.62. The van der Waals surface area contributed by atoms with Crippen molar-refractivity contribution in [3.8, 4) is 0 Å². The fourth-order valence-electron chi connectivity index (χ4n) is 2.33. The number of thioether (sulfide) groups is 1. The van der Waals surface area contributed by atoms with Crippen LogP contribution in [0.3, 0.4) is 0 Å². The Hall–Kier alpha value is -0.680. The van der Waals surface area contributed by atoms with Crippen molar-refractivity contribution in [1.82, 2.24) is 10.6 Å². The van der Waals surface area contributed by atoms with Crippen molar-refractivity contribution in [2.24, 2.45) is 4.99 Å². The maximum Gasteiger partial charge on any atom is 0.229 e. The smallest absolute Gasteiger partial charge is 0.229 e. The van der Waals surface area contributed by atoms with Crippen molar-refractivity contribution in [3.05, 3.63) is 29.8 Å². The molecule has 3 N–H and O–H groups in total. The fraction of sp³-hybridized carbons (Fsp3) is 0.533. The average molecular weight is 484 g/mol. The molecule has 0 radical (unpaired) electrons. The Balaban J connectivity index is 0.00000288. The summed E-state index contributed by atoms with van der Waals surface area (Å²) in [6, 6.07) is 7.29. The fourth-order valence-corrected chi connectivity index (χ4v) is 4.09. The van der Waals surface area contributed by atoms with Gasteiger partial charge in [-0.3, -0.25) is 9.71 Å². The number of aliphatic imine (C=N–C) groups is 1. The van der Waals surface area contributed by atoms with E-state index in [1.54, 1.807) is 19.2 Å². The summed E-state index contributed by atoms with van der Waals surface area (Å²) in [5, 5.41) is 7.29. The number of hydrogen-bond donors (Lipinski definition) is 3. The van der Waals surface area contributed by atoms with Crippen LogP contribution in [-0.4, -0.2) is 45.2 Å². The number of guanidine groups is 1. The van der Waals surface area contributed by atoms with Crippen LogP contribution in [0, 0.1) is 0 Å². The molecule has 1 aromatic carbocycles. The van der Waals surface area contributed by atoms with Crippen molar-refractivity contribution in [3.63, 3.8) is 0 Å². The van der Waals surface area contributed by atoms with Crippen LogP contribution in [0.5, 0.6) is 0 Å². The first-order chi connectivity index (χ1) is 11.0. The minimum Gasteiger partial charge on any atom is -0.355 e. The second-order valence-corrected chi connectivity index (χ2v) is 8.67. The van der Waals surface area contributed by atoms with Crippen LogP contribution in [0.15, 0.2) is 29.3 Å². The van der Waals surface area contributed by atoms with Crippen LogP contribution < -0.4 is 15.4 Å². The molecule has 2 rings (SSSR count). The molecule has 1 aliphatic heterocycles. The standard InChI is InChI=1S/C15H24N4O2S2.HI/c1-16-15(18-11-14-4-3-9-22-14)17-10-12-5-7-13(8-6-12)19-23(2,20)21;/h5-8,14,19H,3-4,9-11H2,1-2H3,(H2,16,17,18);1H. The maximum absolute atomic E-state index is 11.2. The van der Waals surface area contributed by atoms with Crippen molar-refractivity contribution >= 4 is 57.4 Å². The van der Waals surface area contributed by atoms with Crippen LogP contribution >= 0.6 is 35.7 Å². The monoisotopic (exact) mass is 484 g/mol. The van der Waals surface area contributed by atoms with Crippen molar-refractivity contribution in [1.29, 1.82) is 0 Å². The van der Waals surface area contributed by atoms with Gasteiger partial charge in [-0.2, -0.15) is 11.8 Å². The molecule has 0 bridgehead atoms. The summed E-state index contributed by atoms with van der Waals surface area (Å²) in [4.78, 5) is 4.22. The first kappa shape index (κ1) is 21.4. The topological polar surface area (TPSA) is 82.6 Å². The SMILES string of the molecule is CN=C(NCc1ccc(NS(C)(=O)=O)cc1)NCC1CCCS1.I. The lowest BCUT2D eigenvalue weighted by atomic mass is 10.2. The molecule has 1 saturated heterocycles. The highest BCUT2D eigenvalue weighted by molar-refractivity contribution is 14.0. The van der Waals surface area contributed by atoms with Gasteiger partial charge in [0.1, 0.15) is 0 Å². The maximum atomic E-state index is 11.2. The predicted molar refractivity (Wildman–Crippen MR) is 114 cm³/mol. The largest absolute Gasteiger partial charge is 0.355 e. The van der Waals surface area contributed by atoms with Crippen LogP contribution in [0.25, 0.3) is 0 Å². The van der Waals surface area contributed by atoms with Crippen LogP contribution in [0.1, 0.15) is 18.4 Å². The quantitative estimate of drug-likeness (QED) is 0.328. The Morgan fingerprint density at radius 1 is 1.29 bits per heavy atom. The molecule has 0 spiro atoms. The van der Waals surface area contributed by atoms with E-state index < -0.39 is 10.0 Å². The highest BCUT2D eigenvalue weighted by Crippen LogP contribution is 2.25. The van der Waals surface area contributed by atoms with Gasteiger partial charge in [0.15, 0.2) is 5.96 Å². The summed E-state index contributed by atoms with van der Waals surface area (Å²) in [6.45, 7) is 1.57. The lowest BCUT2D eigenvalue weighted by Gasteiger charge is -2.15. The van der Waals surface area contributed by atoms with E-state index in [1.807, 2.05) is 23.9 Å². The molecule has 24 heavy (non-hydrogen) atoms. The van der Waals surface area contributed by atoms with Crippen LogP contribution in [0.2, 0.25) is 0 Å². The Morgan fingerprint density at radius 2 is 2.00 bits per heavy atom. The van der Waals surface area contributed by atoms with E-state index in [0.29, 0.717) is 17.5 Å². The molecule has 0 aromatic heterocycles. The first-order valence-electron chi connectivity index (χ1n) is 7.59. The van der Waals surface area contributed by atoms with Gasteiger partial charge >= 0.3 is 0 Å². The van der Waals surface area contributed by atoms with Crippen molar-refractivity contribution in [2.45, 2.75) is 24.6 Å². The van der Waals surface area contributed by atoms with E-state index >= 15 is 0 Å². The zero-order valence-corrected chi connectivity index (χ0v) is 17.9. The van der Waals surface area contributed by atoms with Crippen LogP contribution in [-0.2, 0) is 16.6 Å². The molecule has 6 nitrogen and oxygen atoms in total. The van der Waals surface area contributed by atoms with Crippen molar-refractivity contribution < 1.29 is 8.42 Å². The zero-order valence-electron chi connectivity index (χ0n) is 13.9. The highest BCUT2D eigenvalue weighted by Gasteiger charge is 2.15. The number of nitrogens with zero attached hydrogens (tertiary/aromatic N) is 1. The Bertz CT molecular complexity index is 629. The zero-order chi connectivity index (χ0) is 16.7. The Morgan fingerprint density at radius 3 is 2.54 bits per heavy atom. The molecule has 1 aliphatic rings. The summed E-state index contributed by atoms with van der Waals surface area (Å²) in [6.07, 6.45) is 3.71. The van der Waals surface area contributed by atoms with Gasteiger partial charge in [0.2, 0.25) is 10.0 Å². The molecule has 0 aliphatic carbocycles. The van der Waals surface area contributed by atoms with Gasteiger partial charge in [-0.15, -0.1) is 24.0 Å². The molecule has 1 aromatic rings. The van der Waals surface area contributed by atoms with E-state index in [4.69, 9.17) is 0 Å². The van der Waals surface area contributed by atoms with E-state index in [1.165, 1.54) is 18.6 Å². The summed E-state index contributed by atoms with van der Waals surface area (Å²) >= 11 is 2.01. The van der Waals surface area contributed by atoms with E-state index in [9.17, 15) is 8.42 Å². The number of anilines is 1. The lowest BCUT2D eigenvalue weighted by molar-refractivity contribution is 0.607. The molecule has 0 amide bonds. The number of nitrogens with one attached hydrogen (secondary N) is 3. The molecular weight excluding hydrogens is 459 g/mol. The Labute approximate surface area is 165 Å². The molecule has 0 saturated carbocycles. The van der Waals surface area contributed by atoms with Gasteiger partial charge in [-0.05, 0) is 36.3 Å². The van der Waals surface area contributed by atoms with Gasteiger partial charge in [0, 0.05) is 31.1 Å². The molecule has 136 valence electrons. The molecule has 1 fully saturated rings. The number of rotatable bonds is 6. The second-order valence-electron chi connectivity index (χ2n) is 5.51. The van der Waals surface area contributed by atoms with Crippen molar-refractivity contribution in [2.75, 3.05) is 30.3 Å². The summed E-state index contributed by atoms with van der Waals surface area (Å²) in [7, 11) is -1.47. The van der Waals surface area contributed by atoms with Gasteiger partial charge in [-0.1, -0.05) is 12.1 Å². The van der Waals surface area contributed by atoms with Gasteiger partial charge in [0.05, 0.1) is 6.26 Å². The molecule has 1 atom stereocenters. The third-order valence-corrected chi connectivity index (χ3v) is 5.47. The number of sulfonamides is 1. The van der Waals surface area contributed by atoms with E-state index in [0.717, 1.165) is 24.3 Å². The summed E-state index contributed by atoms with van der Waals surface area (Å²) < 4.78 is 24.8. The van der Waals surface area contributed by atoms with Gasteiger partial charge in [0.25, 0.3) is 0 Å². The third-order valence-electron chi connectivity index (χ3n) is 3.46. The van der Waals surface area contributed by atoms with E-state index in [-0.39, 0.29) is 24.0 Å². The van der Waals surface area contributed by atoms with Gasteiger partial charge in [-0.25, -0.2) is 8.42 Å². The highest BCUT2D eigenvalue weighted by atomic mass is 127. The second kappa shape index (κ2) is 10.3. The Kier molecular flexibility index (Phi) is 9.21. The number of benzene rings is 1. The molecule has 9 heteroatoms. The third kappa shape index (κ3) is 7.93.